The number of hydrogen-bond donors (Lipinski definition) is 1. The van der Waals surface area contributed by atoms with Crippen molar-refractivity contribution in [3.05, 3.63) is 77.0 Å². The molecule has 27 heavy (non-hydrogen) atoms. The first-order valence-electron chi connectivity index (χ1n) is 8.74. The van der Waals surface area contributed by atoms with Gasteiger partial charge >= 0.3 is 0 Å². The fourth-order valence-corrected chi connectivity index (χ4v) is 4.63. The van der Waals surface area contributed by atoms with E-state index in [1.807, 2.05) is 42.5 Å². The minimum Gasteiger partial charge on any atom is -0.313 e. The molecule has 0 spiro atoms. The van der Waals surface area contributed by atoms with Gasteiger partial charge in [0, 0.05) is 34.2 Å². The zero-order chi connectivity index (χ0) is 19.1. The monoisotopic (exact) mass is 444 g/mol. The lowest BCUT2D eigenvalue weighted by atomic mass is 10.2. The van der Waals surface area contributed by atoms with Crippen molar-refractivity contribution in [3.8, 4) is 0 Å². The molecule has 140 valence electrons. The molecule has 0 fully saturated rings. The third-order valence-corrected chi connectivity index (χ3v) is 6.57. The third kappa shape index (κ3) is 5.48. The maximum Gasteiger partial charge on any atom is 0.179 e. The van der Waals surface area contributed by atoms with Crippen molar-refractivity contribution in [1.29, 1.82) is 0 Å². The van der Waals surface area contributed by atoms with Crippen molar-refractivity contribution in [1.82, 2.24) is 10.3 Å². The summed E-state index contributed by atoms with van der Waals surface area (Å²) in [6.07, 6.45) is 7.96. The van der Waals surface area contributed by atoms with Crippen molar-refractivity contribution in [2.75, 3.05) is 18.8 Å². The molecular formula is C21H21BrN2O2S. The van der Waals surface area contributed by atoms with E-state index in [0.717, 1.165) is 20.8 Å². The molecule has 3 aromatic rings. The number of nitrogens with one attached hydrogen (secondary N) is 1. The first-order chi connectivity index (χ1) is 13.1. The van der Waals surface area contributed by atoms with E-state index in [1.54, 1.807) is 30.6 Å². The summed E-state index contributed by atoms with van der Waals surface area (Å²) in [5.74, 6) is 0.123. The molecule has 1 heterocycles. The first-order valence-corrected chi connectivity index (χ1v) is 11.2. The SMILES string of the molecule is O=S(=O)(CCCNC/C=C/c1ccc(Br)cc1)c1cccc2cnccc12. The van der Waals surface area contributed by atoms with E-state index < -0.39 is 9.84 Å². The quantitative estimate of drug-likeness (QED) is 0.520. The number of pyridine rings is 1. The van der Waals surface area contributed by atoms with Gasteiger partial charge in [-0.3, -0.25) is 4.98 Å². The van der Waals surface area contributed by atoms with Crippen molar-refractivity contribution in [2.45, 2.75) is 11.3 Å². The Labute approximate surface area is 168 Å². The summed E-state index contributed by atoms with van der Waals surface area (Å²) in [4.78, 5) is 4.44. The Balaban J connectivity index is 1.49. The van der Waals surface area contributed by atoms with Gasteiger partial charge in [0.05, 0.1) is 10.6 Å². The van der Waals surface area contributed by atoms with Gasteiger partial charge in [-0.05, 0) is 42.8 Å². The lowest BCUT2D eigenvalue weighted by Gasteiger charge is -2.08. The molecule has 0 saturated carbocycles. The van der Waals surface area contributed by atoms with Crippen LogP contribution in [0.15, 0.2) is 76.4 Å². The van der Waals surface area contributed by atoms with Crippen LogP contribution in [0.3, 0.4) is 0 Å². The summed E-state index contributed by atoms with van der Waals surface area (Å²) < 4.78 is 26.4. The van der Waals surface area contributed by atoms with Crippen LogP contribution in [0.5, 0.6) is 0 Å². The number of hydrogen-bond acceptors (Lipinski definition) is 4. The van der Waals surface area contributed by atoms with Gasteiger partial charge in [0.1, 0.15) is 0 Å². The lowest BCUT2D eigenvalue weighted by molar-refractivity contribution is 0.591. The molecule has 0 unspecified atom stereocenters. The molecule has 3 rings (SSSR count). The van der Waals surface area contributed by atoms with Crippen LogP contribution in [0.1, 0.15) is 12.0 Å². The maximum absolute atomic E-state index is 12.7. The van der Waals surface area contributed by atoms with Crippen molar-refractivity contribution in [2.24, 2.45) is 0 Å². The molecule has 2 aromatic carbocycles. The molecule has 4 nitrogen and oxygen atoms in total. The molecule has 0 atom stereocenters. The van der Waals surface area contributed by atoms with E-state index >= 15 is 0 Å². The van der Waals surface area contributed by atoms with Crippen LogP contribution in [-0.4, -0.2) is 32.2 Å². The molecule has 6 heteroatoms. The van der Waals surface area contributed by atoms with E-state index in [1.165, 1.54) is 0 Å². The fourth-order valence-electron chi connectivity index (χ4n) is 2.82. The van der Waals surface area contributed by atoms with Crippen LogP contribution in [-0.2, 0) is 9.84 Å². The summed E-state index contributed by atoms with van der Waals surface area (Å²) in [5, 5.41) is 4.83. The van der Waals surface area contributed by atoms with Gasteiger partial charge in [0.2, 0.25) is 0 Å². The Morgan fingerprint density at radius 3 is 2.70 bits per heavy atom. The van der Waals surface area contributed by atoms with Crippen LogP contribution >= 0.6 is 15.9 Å². The van der Waals surface area contributed by atoms with Gasteiger partial charge in [-0.2, -0.15) is 0 Å². The van der Waals surface area contributed by atoms with E-state index in [-0.39, 0.29) is 5.75 Å². The molecular weight excluding hydrogens is 424 g/mol. The van der Waals surface area contributed by atoms with Crippen molar-refractivity contribution in [3.63, 3.8) is 0 Å². The highest BCUT2D eigenvalue weighted by Crippen LogP contribution is 2.23. The second kappa shape index (κ2) is 9.26. The molecule has 1 N–H and O–H groups in total. The molecule has 0 aliphatic rings. The number of fused-ring (bicyclic) bond motifs is 1. The summed E-state index contributed by atoms with van der Waals surface area (Å²) in [6, 6.07) is 15.1. The smallest absolute Gasteiger partial charge is 0.179 e. The molecule has 0 aliphatic carbocycles. The Bertz CT molecular complexity index is 1030. The second-order valence-corrected chi connectivity index (χ2v) is 9.18. The normalized spacial score (nSPS) is 12.0. The molecule has 0 aliphatic heterocycles. The van der Waals surface area contributed by atoms with Gasteiger partial charge in [0.25, 0.3) is 0 Å². The van der Waals surface area contributed by atoms with E-state index in [2.05, 4.69) is 26.2 Å². The number of sulfone groups is 1. The van der Waals surface area contributed by atoms with Crippen LogP contribution < -0.4 is 5.32 Å². The number of benzene rings is 2. The van der Waals surface area contributed by atoms with Crippen LogP contribution in [0.4, 0.5) is 0 Å². The zero-order valence-electron chi connectivity index (χ0n) is 14.8. The highest BCUT2D eigenvalue weighted by Gasteiger charge is 2.16. The minimum absolute atomic E-state index is 0.123. The van der Waals surface area contributed by atoms with E-state index in [0.29, 0.717) is 24.4 Å². The van der Waals surface area contributed by atoms with Crippen molar-refractivity contribution < 1.29 is 8.42 Å². The van der Waals surface area contributed by atoms with Crippen LogP contribution in [0.2, 0.25) is 0 Å². The van der Waals surface area contributed by atoms with Gasteiger partial charge in [0.15, 0.2) is 9.84 Å². The average Bonchev–Trinajstić information content (AvgIpc) is 2.68. The van der Waals surface area contributed by atoms with E-state index in [9.17, 15) is 8.42 Å². The third-order valence-electron chi connectivity index (χ3n) is 4.18. The molecule has 0 radical (unpaired) electrons. The number of aromatic nitrogens is 1. The van der Waals surface area contributed by atoms with Gasteiger partial charge < -0.3 is 5.32 Å². The van der Waals surface area contributed by atoms with E-state index in [4.69, 9.17) is 0 Å². The topological polar surface area (TPSA) is 59.1 Å². The Morgan fingerprint density at radius 2 is 1.89 bits per heavy atom. The summed E-state index contributed by atoms with van der Waals surface area (Å²) in [5.41, 5.74) is 1.13. The standard InChI is InChI=1S/C21H21BrN2O2S/c22-19-9-7-17(8-10-19)4-2-12-23-13-3-15-27(25,26)21-6-1-5-18-16-24-14-11-20(18)21/h1-2,4-11,14,16,23H,3,12-13,15H2/b4-2+. The van der Waals surface area contributed by atoms with Gasteiger partial charge in [-0.25, -0.2) is 8.42 Å². The zero-order valence-corrected chi connectivity index (χ0v) is 17.2. The van der Waals surface area contributed by atoms with Crippen LogP contribution in [0.25, 0.3) is 16.8 Å². The largest absolute Gasteiger partial charge is 0.313 e. The van der Waals surface area contributed by atoms with Crippen molar-refractivity contribution >= 4 is 42.6 Å². The fraction of sp³-hybridized carbons (Fsp3) is 0.190. The Hall–Kier alpha value is -2.02. The maximum atomic E-state index is 12.7. The number of halogens is 1. The predicted octanol–water partition coefficient (Wildman–Crippen LogP) is 4.46. The number of rotatable bonds is 8. The summed E-state index contributed by atoms with van der Waals surface area (Å²) in [7, 11) is -3.32. The second-order valence-electron chi connectivity index (χ2n) is 6.18. The Kier molecular flexibility index (Phi) is 6.77. The average molecular weight is 445 g/mol. The lowest BCUT2D eigenvalue weighted by Crippen LogP contribution is -2.18. The molecule has 1 aromatic heterocycles. The minimum atomic E-state index is -3.32. The molecule has 0 amide bonds. The molecule has 0 saturated heterocycles. The first kappa shape index (κ1) is 19.7. The molecule has 0 bridgehead atoms. The Morgan fingerprint density at radius 1 is 1.07 bits per heavy atom. The van der Waals surface area contributed by atoms with Crippen LogP contribution in [0, 0.1) is 0 Å². The predicted molar refractivity (Wildman–Crippen MR) is 114 cm³/mol. The number of nitrogens with zero attached hydrogens (tertiary/aromatic N) is 1. The van der Waals surface area contributed by atoms with Gasteiger partial charge in [-0.1, -0.05) is 52.3 Å². The summed E-state index contributed by atoms with van der Waals surface area (Å²) >= 11 is 3.41. The highest BCUT2D eigenvalue weighted by atomic mass is 79.9. The van der Waals surface area contributed by atoms with Gasteiger partial charge in [-0.15, -0.1) is 0 Å². The highest BCUT2D eigenvalue weighted by molar-refractivity contribution is 9.10. The summed E-state index contributed by atoms with van der Waals surface area (Å²) in [6.45, 7) is 1.35.